The fourth-order valence-corrected chi connectivity index (χ4v) is 1.36. The van der Waals surface area contributed by atoms with Crippen LogP contribution in [0.3, 0.4) is 0 Å². The smallest absolute Gasteiger partial charge is 0.263 e. The Morgan fingerprint density at radius 2 is 2.00 bits per heavy atom. The van der Waals surface area contributed by atoms with Gasteiger partial charge in [-0.05, 0) is 27.5 Å². The maximum Gasteiger partial charge on any atom is 0.263 e. The highest BCUT2D eigenvalue weighted by Crippen LogP contribution is 2.13. The fraction of sp³-hybridized carbons (Fsp3) is 0.273. The van der Waals surface area contributed by atoms with Gasteiger partial charge in [-0.3, -0.25) is 0 Å². The lowest BCUT2D eigenvalue weighted by atomic mass is 10.0. The Bertz CT molecular complexity index is 511. The van der Waals surface area contributed by atoms with E-state index in [0.717, 1.165) is 5.56 Å². The van der Waals surface area contributed by atoms with Gasteiger partial charge < -0.3 is 5.73 Å². The average Bonchev–Trinajstić information content (AvgIpc) is 2.73. The van der Waals surface area contributed by atoms with E-state index >= 15 is 0 Å². The number of nitrogen functional groups attached to an aromatic ring is 1. The van der Waals surface area contributed by atoms with E-state index in [0.29, 0.717) is 5.92 Å². The third-order valence-corrected chi connectivity index (χ3v) is 2.40. The minimum Gasteiger partial charge on any atom is -0.365 e. The number of nitrogens with zero attached hydrogens (tertiary/aromatic N) is 5. The van der Waals surface area contributed by atoms with Gasteiger partial charge in [0.25, 0.3) is 5.95 Å². The summed E-state index contributed by atoms with van der Waals surface area (Å²) in [4.78, 5) is 1.18. The van der Waals surface area contributed by atoms with Crippen LogP contribution >= 0.6 is 0 Å². The van der Waals surface area contributed by atoms with Crippen LogP contribution in [0.15, 0.2) is 29.4 Å². The van der Waals surface area contributed by atoms with Crippen molar-refractivity contribution in [3.8, 4) is 0 Å². The first-order valence-corrected chi connectivity index (χ1v) is 5.35. The molecular formula is C11H14N6. The van der Waals surface area contributed by atoms with Gasteiger partial charge in [0.15, 0.2) is 0 Å². The molecular weight excluding hydrogens is 216 g/mol. The van der Waals surface area contributed by atoms with Gasteiger partial charge in [-0.15, -0.1) is 0 Å². The van der Waals surface area contributed by atoms with Gasteiger partial charge in [0.1, 0.15) is 0 Å². The molecule has 0 bridgehead atoms. The predicted molar refractivity (Wildman–Crippen MR) is 65.8 cm³/mol. The summed E-state index contributed by atoms with van der Waals surface area (Å²) >= 11 is 0. The van der Waals surface area contributed by atoms with Crippen LogP contribution in [0.5, 0.6) is 0 Å². The van der Waals surface area contributed by atoms with Crippen LogP contribution in [0.25, 0.3) is 0 Å². The molecule has 0 aliphatic heterocycles. The topological polar surface area (TPSA) is 82.0 Å². The van der Waals surface area contributed by atoms with Gasteiger partial charge in [0.2, 0.25) is 0 Å². The number of anilines is 1. The minimum atomic E-state index is 0.167. The van der Waals surface area contributed by atoms with Crippen molar-refractivity contribution in [2.45, 2.75) is 19.8 Å². The lowest BCUT2D eigenvalue weighted by molar-refractivity contribution is 0.699. The van der Waals surface area contributed by atoms with E-state index in [-0.39, 0.29) is 5.95 Å². The largest absolute Gasteiger partial charge is 0.365 e. The first-order chi connectivity index (χ1) is 8.16. The lowest BCUT2D eigenvalue weighted by Crippen LogP contribution is -1.99. The molecule has 0 saturated heterocycles. The Morgan fingerprint density at radius 3 is 2.53 bits per heavy atom. The first kappa shape index (κ1) is 11.3. The first-order valence-electron chi connectivity index (χ1n) is 5.35. The van der Waals surface area contributed by atoms with Crippen LogP contribution < -0.4 is 5.73 Å². The maximum atomic E-state index is 5.48. The van der Waals surface area contributed by atoms with Gasteiger partial charge in [-0.25, -0.2) is 0 Å². The monoisotopic (exact) mass is 230 g/mol. The Labute approximate surface area is 99.1 Å². The minimum absolute atomic E-state index is 0.167. The number of rotatable bonds is 3. The molecule has 2 rings (SSSR count). The lowest BCUT2D eigenvalue weighted by Gasteiger charge is -2.04. The molecule has 6 heteroatoms. The molecule has 0 atom stereocenters. The number of hydrogen-bond acceptors (Lipinski definition) is 5. The molecule has 88 valence electrons. The van der Waals surface area contributed by atoms with Crippen molar-refractivity contribution in [1.29, 1.82) is 0 Å². The molecule has 0 saturated carbocycles. The molecule has 0 radical (unpaired) electrons. The molecule has 17 heavy (non-hydrogen) atoms. The highest BCUT2D eigenvalue weighted by molar-refractivity contribution is 5.79. The van der Waals surface area contributed by atoms with Gasteiger partial charge in [0.05, 0.1) is 6.21 Å². The second-order valence-electron chi connectivity index (χ2n) is 3.99. The van der Waals surface area contributed by atoms with Crippen LogP contribution in [0.2, 0.25) is 0 Å². The Balaban J connectivity index is 2.14. The maximum absolute atomic E-state index is 5.48. The number of nitrogens with two attached hydrogens (primary N) is 1. The average molecular weight is 230 g/mol. The highest BCUT2D eigenvalue weighted by Gasteiger charge is 1.99. The van der Waals surface area contributed by atoms with Crippen molar-refractivity contribution in [3.05, 3.63) is 35.4 Å². The summed E-state index contributed by atoms with van der Waals surface area (Å²) in [6, 6.07) is 8.16. The van der Waals surface area contributed by atoms with Crippen LogP contribution in [-0.2, 0) is 0 Å². The van der Waals surface area contributed by atoms with Gasteiger partial charge >= 0.3 is 0 Å². The second kappa shape index (κ2) is 4.73. The summed E-state index contributed by atoms with van der Waals surface area (Å²) in [7, 11) is 0. The summed E-state index contributed by atoms with van der Waals surface area (Å²) in [5.74, 6) is 0.691. The van der Waals surface area contributed by atoms with E-state index in [1.807, 2.05) is 12.1 Å². The number of tetrazole rings is 1. The van der Waals surface area contributed by atoms with Crippen molar-refractivity contribution in [2.24, 2.45) is 5.10 Å². The van der Waals surface area contributed by atoms with Crippen LogP contribution in [0.1, 0.15) is 30.9 Å². The van der Waals surface area contributed by atoms with Gasteiger partial charge in [-0.1, -0.05) is 48.0 Å². The molecule has 2 aromatic rings. The SMILES string of the molecule is CC(C)c1ccc(/C=N\n2nnnc2N)cc1. The zero-order valence-corrected chi connectivity index (χ0v) is 9.78. The number of hydrogen-bond donors (Lipinski definition) is 1. The molecule has 0 amide bonds. The molecule has 0 aliphatic rings. The predicted octanol–water partition coefficient (Wildman–Crippen LogP) is 1.26. The molecule has 2 N–H and O–H groups in total. The van der Waals surface area contributed by atoms with Crippen molar-refractivity contribution < 1.29 is 0 Å². The zero-order chi connectivity index (χ0) is 12.3. The molecule has 1 aromatic heterocycles. The second-order valence-corrected chi connectivity index (χ2v) is 3.99. The fourth-order valence-electron chi connectivity index (χ4n) is 1.36. The van der Waals surface area contributed by atoms with Crippen molar-refractivity contribution >= 4 is 12.2 Å². The summed E-state index contributed by atoms with van der Waals surface area (Å²) in [5, 5.41) is 14.6. The molecule has 1 heterocycles. The third-order valence-electron chi connectivity index (χ3n) is 2.40. The van der Waals surface area contributed by atoms with Crippen LogP contribution in [-0.4, -0.2) is 26.5 Å². The summed E-state index contributed by atoms with van der Waals surface area (Å²) in [6.07, 6.45) is 1.66. The van der Waals surface area contributed by atoms with E-state index in [9.17, 15) is 0 Å². The molecule has 0 unspecified atom stereocenters. The van der Waals surface area contributed by atoms with Crippen LogP contribution in [0, 0.1) is 0 Å². The summed E-state index contributed by atoms with van der Waals surface area (Å²) < 4.78 is 0. The van der Waals surface area contributed by atoms with Gasteiger partial charge in [-0.2, -0.15) is 5.10 Å². The zero-order valence-electron chi connectivity index (χ0n) is 9.78. The standard InChI is InChI=1S/C11H14N6/c1-8(2)10-5-3-9(4-6-10)7-13-17-11(12)14-15-16-17/h3-8H,1-2H3,(H2,12,14,16)/b13-7-. The van der Waals surface area contributed by atoms with E-state index in [4.69, 9.17) is 5.73 Å². The van der Waals surface area contributed by atoms with E-state index in [1.165, 1.54) is 10.4 Å². The van der Waals surface area contributed by atoms with E-state index < -0.39 is 0 Å². The van der Waals surface area contributed by atoms with Crippen molar-refractivity contribution in [2.75, 3.05) is 5.73 Å². The number of benzene rings is 1. The van der Waals surface area contributed by atoms with Crippen molar-refractivity contribution in [1.82, 2.24) is 20.3 Å². The third kappa shape index (κ3) is 2.66. The van der Waals surface area contributed by atoms with Crippen LogP contribution in [0.4, 0.5) is 5.95 Å². The summed E-state index contributed by atoms with van der Waals surface area (Å²) in [5.41, 5.74) is 7.75. The normalized spacial score (nSPS) is 11.5. The summed E-state index contributed by atoms with van der Waals surface area (Å²) in [6.45, 7) is 4.32. The number of aromatic nitrogens is 4. The van der Waals surface area contributed by atoms with Gasteiger partial charge in [0, 0.05) is 0 Å². The molecule has 0 aliphatic carbocycles. The Kier molecular flexibility index (Phi) is 3.13. The molecule has 0 spiro atoms. The van der Waals surface area contributed by atoms with E-state index in [1.54, 1.807) is 6.21 Å². The quantitative estimate of drug-likeness (QED) is 0.805. The molecule has 6 nitrogen and oxygen atoms in total. The Morgan fingerprint density at radius 1 is 1.29 bits per heavy atom. The molecule has 0 fully saturated rings. The Hall–Kier alpha value is -2.24. The van der Waals surface area contributed by atoms with E-state index in [2.05, 4.69) is 46.6 Å². The van der Waals surface area contributed by atoms with Crippen molar-refractivity contribution in [3.63, 3.8) is 0 Å². The molecule has 1 aromatic carbocycles. The highest BCUT2D eigenvalue weighted by atomic mass is 15.7.